The van der Waals surface area contributed by atoms with Gasteiger partial charge in [0.05, 0.1) is 11.4 Å². The van der Waals surface area contributed by atoms with Gasteiger partial charge in [0.25, 0.3) is 0 Å². The first-order valence-corrected chi connectivity index (χ1v) is 10.5. The van der Waals surface area contributed by atoms with Crippen molar-refractivity contribution in [2.75, 3.05) is 19.8 Å². The van der Waals surface area contributed by atoms with Crippen LogP contribution in [-0.4, -0.2) is 50.0 Å². The van der Waals surface area contributed by atoms with E-state index in [4.69, 9.17) is 18.9 Å². The molecule has 0 aliphatic rings. The maximum absolute atomic E-state index is 12.4. The third kappa shape index (κ3) is 9.48. The number of carbonyl (C=O) groups excluding carboxylic acids is 4. The summed E-state index contributed by atoms with van der Waals surface area (Å²) in [5.41, 5.74) is 0.835. The quantitative estimate of drug-likeness (QED) is 0.177. The van der Waals surface area contributed by atoms with E-state index in [-0.39, 0.29) is 19.8 Å². The van der Waals surface area contributed by atoms with E-state index < -0.39 is 18.0 Å². The SMILES string of the molecule is CCCCC(Oc1ccc(N=C=O)cc1)C(=O)OCCOC(=O)COc1ccc(N=C=O)cc1. The van der Waals surface area contributed by atoms with Gasteiger partial charge in [-0.05, 0) is 61.4 Å². The van der Waals surface area contributed by atoms with Crippen molar-refractivity contribution < 1.29 is 38.1 Å². The standard InChI is InChI=1S/C24H24N2O8/c1-2-3-4-22(34-21-11-7-19(8-12-21)26-17-28)24(30)32-14-13-31-23(29)15-33-20-9-5-18(6-10-20)25-16-27/h5-12,22H,2-4,13-15H2,1H3. The molecular weight excluding hydrogens is 444 g/mol. The van der Waals surface area contributed by atoms with Crippen LogP contribution in [0.3, 0.4) is 0 Å². The number of isocyanates is 2. The molecule has 0 spiro atoms. The zero-order valence-corrected chi connectivity index (χ0v) is 18.6. The maximum Gasteiger partial charge on any atom is 0.347 e. The summed E-state index contributed by atoms with van der Waals surface area (Å²) in [6.45, 7) is 1.38. The minimum absolute atomic E-state index is 0.137. The Labute approximate surface area is 196 Å². The lowest BCUT2D eigenvalue weighted by Gasteiger charge is -2.18. The molecule has 0 saturated heterocycles. The Hall–Kier alpha value is -4.26. The number of aliphatic imine (C=N–C) groups is 2. The van der Waals surface area contributed by atoms with Gasteiger partial charge in [0.15, 0.2) is 12.7 Å². The largest absolute Gasteiger partial charge is 0.482 e. The molecule has 1 unspecified atom stereocenters. The number of benzene rings is 2. The van der Waals surface area contributed by atoms with E-state index in [0.29, 0.717) is 29.3 Å². The Morgan fingerprint density at radius 1 is 0.853 bits per heavy atom. The van der Waals surface area contributed by atoms with Crippen LogP contribution in [-0.2, 0) is 28.7 Å². The van der Waals surface area contributed by atoms with Crippen molar-refractivity contribution in [1.29, 1.82) is 0 Å². The summed E-state index contributed by atoms with van der Waals surface area (Å²) in [5, 5.41) is 0. The zero-order valence-electron chi connectivity index (χ0n) is 18.6. The van der Waals surface area contributed by atoms with Gasteiger partial charge in [-0.2, -0.15) is 9.98 Å². The van der Waals surface area contributed by atoms with Crippen LogP contribution in [0.25, 0.3) is 0 Å². The van der Waals surface area contributed by atoms with Crippen LogP contribution in [0.1, 0.15) is 26.2 Å². The number of carbonyl (C=O) groups is 2. The number of unbranched alkanes of at least 4 members (excludes halogenated alkanes) is 1. The Morgan fingerprint density at radius 3 is 1.97 bits per heavy atom. The molecule has 10 heteroatoms. The van der Waals surface area contributed by atoms with Crippen molar-refractivity contribution in [3.05, 3.63) is 48.5 Å². The molecule has 1 atom stereocenters. The molecule has 34 heavy (non-hydrogen) atoms. The molecular formula is C24H24N2O8. The van der Waals surface area contributed by atoms with Gasteiger partial charge in [-0.15, -0.1) is 0 Å². The molecule has 0 amide bonds. The number of rotatable bonds is 14. The molecule has 0 N–H and O–H groups in total. The summed E-state index contributed by atoms with van der Waals surface area (Å²) in [4.78, 5) is 51.7. The fourth-order valence-corrected chi connectivity index (χ4v) is 2.67. The van der Waals surface area contributed by atoms with Crippen LogP contribution in [0.5, 0.6) is 11.5 Å². The average Bonchev–Trinajstić information content (AvgIpc) is 2.85. The molecule has 2 rings (SSSR count). The fraction of sp³-hybridized carbons (Fsp3) is 0.333. The van der Waals surface area contributed by atoms with Gasteiger partial charge >= 0.3 is 11.9 Å². The number of esters is 2. The summed E-state index contributed by atoms with van der Waals surface area (Å²) in [5.74, 6) is -0.385. The molecule has 0 fully saturated rings. The van der Waals surface area contributed by atoms with E-state index in [2.05, 4.69) is 9.98 Å². The molecule has 0 aliphatic carbocycles. The first-order valence-electron chi connectivity index (χ1n) is 10.5. The average molecular weight is 468 g/mol. The van der Waals surface area contributed by atoms with Crippen molar-refractivity contribution in [1.82, 2.24) is 0 Å². The van der Waals surface area contributed by atoms with Gasteiger partial charge in [-0.25, -0.2) is 19.2 Å². The predicted octanol–water partition coefficient (Wildman–Crippen LogP) is 3.72. The third-order valence-electron chi connectivity index (χ3n) is 4.33. The highest BCUT2D eigenvalue weighted by Gasteiger charge is 2.22. The van der Waals surface area contributed by atoms with Gasteiger partial charge in [0.2, 0.25) is 12.2 Å². The normalized spacial score (nSPS) is 10.7. The van der Waals surface area contributed by atoms with Crippen molar-refractivity contribution in [3.63, 3.8) is 0 Å². The van der Waals surface area contributed by atoms with Crippen LogP contribution in [0.15, 0.2) is 58.5 Å². The number of nitrogens with zero attached hydrogens (tertiary/aromatic N) is 2. The predicted molar refractivity (Wildman–Crippen MR) is 120 cm³/mol. The molecule has 10 nitrogen and oxygen atoms in total. The van der Waals surface area contributed by atoms with Crippen molar-refractivity contribution >= 4 is 35.5 Å². The summed E-state index contributed by atoms with van der Waals surface area (Å²) >= 11 is 0. The number of ether oxygens (including phenoxy) is 4. The van der Waals surface area contributed by atoms with Crippen LogP contribution in [0, 0.1) is 0 Å². The van der Waals surface area contributed by atoms with E-state index in [1.807, 2.05) is 6.92 Å². The zero-order chi connectivity index (χ0) is 24.6. The molecule has 2 aromatic rings. The molecule has 0 aliphatic heterocycles. The highest BCUT2D eigenvalue weighted by molar-refractivity contribution is 5.75. The van der Waals surface area contributed by atoms with Gasteiger partial charge in [0.1, 0.15) is 24.7 Å². The van der Waals surface area contributed by atoms with Crippen LogP contribution >= 0.6 is 0 Å². The van der Waals surface area contributed by atoms with Gasteiger partial charge in [0, 0.05) is 0 Å². The van der Waals surface area contributed by atoms with Crippen LogP contribution in [0.2, 0.25) is 0 Å². The molecule has 2 aromatic carbocycles. The number of hydrogen-bond donors (Lipinski definition) is 0. The second kappa shape index (κ2) is 14.7. The lowest BCUT2D eigenvalue weighted by Crippen LogP contribution is -2.30. The summed E-state index contributed by atoms with van der Waals surface area (Å²) in [7, 11) is 0. The molecule has 0 heterocycles. The monoisotopic (exact) mass is 468 g/mol. The Kier molecular flexibility index (Phi) is 11.3. The maximum atomic E-state index is 12.4. The lowest BCUT2D eigenvalue weighted by atomic mass is 10.1. The fourth-order valence-electron chi connectivity index (χ4n) is 2.67. The van der Waals surface area contributed by atoms with Crippen molar-refractivity contribution in [3.8, 4) is 11.5 Å². The van der Waals surface area contributed by atoms with Gasteiger partial charge in [-0.3, -0.25) is 0 Å². The molecule has 0 aromatic heterocycles. The second-order valence-corrected chi connectivity index (χ2v) is 6.82. The van der Waals surface area contributed by atoms with Crippen molar-refractivity contribution in [2.24, 2.45) is 9.98 Å². The third-order valence-corrected chi connectivity index (χ3v) is 4.33. The highest BCUT2D eigenvalue weighted by atomic mass is 16.6. The van der Waals surface area contributed by atoms with E-state index in [0.717, 1.165) is 12.8 Å². The van der Waals surface area contributed by atoms with Crippen molar-refractivity contribution in [2.45, 2.75) is 32.3 Å². The van der Waals surface area contributed by atoms with Crippen LogP contribution < -0.4 is 9.47 Å². The van der Waals surface area contributed by atoms with E-state index >= 15 is 0 Å². The van der Waals surface area contributed by atoms with Gasteiger partial charge in [-0.1, -0.05) is 13.3 Å². The smallest absolute Gasteiger partial charge is 0.347 e. The number of hydrogen-bond acceptors (Lipinski definition) is 10. The molecule has 0 saturated carbocycles. The van der Waals surface area contributed by atoms with E-state index in [9.17, 15) is 19.2 Å². The second-order valence-electron chi connectivity index (χ2n) is 6.82. The summed E-state index contributed by atoms with van der Waals surface area (Å²) in [6.07, 6.45) is 4.12. The van der Waals surface area contributed by atoms with E-state index in [1.165, 1.54) is 24.3 Å². The topological polar surface area (TPSA) is 130 Å². The van der Waals surface area contributed by atoms with E-state index in [1.54, 1.807) is 36.4 Å². The first-order chi connectivity index (χ1) is 16.5. The van der Waals surface area contributed by atoms with Gasteiger partial charge < -0.3 is 18.9 Å². The summed E-state index contributed by atoms with van der Waals surface area (Å²) in [6, 6.07) is 12.5. The molecule has 0 radical (unpaired) electrons. The minimum atomic E-state index is -0.828. The lowest BCUT2D eigenvalue weighted by molar-refractivity contribution is -0.158. The Balaban J connectivity index is 1.74. The molecule has 0 bridgehead atoms. The minimum Gasteiger partial charge on any atom is -0.482 e. The Morgan fingerprint density at radius 2 is 1.41 bits per heavy atom. The highest BCUT2D eigenvalue weighted by Crippen LogP contribution is 2.20. The molecule has 178 valence electrons. The summed E-state index contributed by atoms with van der Waals surface area (Å²) < 4.78 is 21.2. The first kappa shape index (κ1) is 26.0. The van der Waals surface area contributed by atoms with Crippen LogP contribution in [0.4, 0.5) is 11.4 Å². The Bertz CT molecular complexity index is 1020.